The molecule has 0 aromatic heterocycles. The molecule has 0 aliphatic heterocycles. The number of carboxylic acid groups (broad SMARTS) is 1. The Balaban J connectivity index is -0.00000242. The van der Waals surface area contributed by atoms with Gasteiger partial charge in [0.2, 0.25) is 0 Å². The molecular formula is C19H38Cl2O4. The number of aliphatic carboxylic acids is 1. The maximum absolute atomic E-state index is 11.3. The minimum atomic E-state index is -0.679. The lowest BCUT2D eigenvalue weighted by molar-refractivity contribution is -0.147. The van der Waals surface area contributed by atoms with Crippen molar-refractivity contribution in [1.82, 2.24) is 0 Å². The molecule has 0 atom stereocenters. The van der Waals surface area contributed by atoms with Crippen LogP contribution >= 0.6 is 24.8 Å². The number of carbonyl (C=O) groups is 2. The Hall–Kier alpha value is -0.480. The average Bonchev–Trinajstić information content (AvgIpc) is 2.46. The molecular weight excluding hydrogens is 363 g/mol. The molecule has 0 rings (SSSR count). The predicted molar refractivity (Wildman–Crippen MR) is 108 cm³/mol. The van der Waals surface area contributed by atoms with Gasteiger partial charge in [0.1, 0.15) is 0 Å². The quantitative estimate of drug-likeness (QED) is 0.243. The lowest BCUT2D eigenvalue weighted by Crippen LogP contribution is -2.10. The summed E-state index contributed by atoms with van der Waals surface area (Å²) in [7, 11) is 0. The van der Waals surface area contributed by atoms with E-state index in [1.165, 1.54) is 51.4 Å². The van der Waals surface area contributed by atoms with Gasteiger partial charge in [0.05, 0.1) is 6.10 Å². The second-order valence-corrected chi connectivity index (χ2v) is 6.67. The van der Waals surface area contributed by atoms with Crippen LogP contribution in [0.1, 0.15) is 104 Å². The molecule has 1 N–H and O–H groups in total. The largest absolute Gasteiger partial charge is 0.481 e. The van der Waals surface area contributed by atoms with Gasteiger partial charge in [-0.3, -0.25) is 9.59 Å². The van der Waals surface area contributed by atoms with E-state index in [2.05, 4.69) is 0 Å². The van der Waals surface area contributed by atoms with Crippen LogP contribution in [0, 0.1) is 0 Å². The summed E-state index contributed by atoms with van der Waals surface area (Å²) in [6, 6.07) is 0. The van der Waals surface area contributed by atoms with E-state index in [-0.39, 0.29) is 36.9 Å². The monoisotopic (exact) mass is 400 g/mol. The van der Waals surface area contributed by atoms with E-state index in [0.717, 1.165) is 25.7 Å². The van der Waals surface area contributed by atoms with Crippen LogP contribution in [-0.4, -0.2) is 23.1 Å². The number of ether oxygens (including phenoxy) is 1. The number of rotatable bonds is 16. The SMILES string of the molecule is CC(C)OC(=O)CCCCCCCCCCCCCCC(=O)O.Cl.Cl. The van der Waals surface area contributed by atoms with Crippen LogP contribution in [0.25, 0.3) is 0 Å². The fraction of sp³-hybridized carbons (Fsp3) is 0.895. The second kappa shape index (κ2) is 21.6. The lowest BCUT2D eigenvalue weighted by atomic mass is 10.0. The predicted octanol–water partition coefficient (Wildman–Crippen LogP) is 6.33. The molecule has 0 aliphatic carbocycles. The van der Waals surface area contributed by atoms with Gasteiger partial charge in [-0.2, -0.15) is 0 Å². The molecule has 0 fully saturated rings. The summed E-state index contributed by atoms with van der Waals surface area (Å²) in [6.07, 6.45) is 14.8. The van der Waals surface area contributed by atoms with Crippen LogP contribution in [0.15, 0.2) is 0 Å². The molecule has 0 unspecified atom stereocenters. The number of unbranched alkanes of at least 4 members (excludes halogenated alkanes) is 11. The molecule has 0 spiro atoms. The van der Waals surface area contributed by atoms with Crippen LogP contribution < -0.4 is 0 Å². The molecule has 0 amide bonds. The van der Waals surface area contributed by atoms with E-state index in [1.54, 1.807) is 0 Å². The van der Waals surface area contributed by atoms with Gasteiger partial charge in [0.15, 0.2) is 0 Å². The fourth-order valence-electron chi connectivity index (χ4n) is 2.64. The summed E-state index contributed by atoms with van der Waals surface area (Å²) in [5, 5.41) is 8.53. The number of halogens is 2. The molecule has 0 aromatic carbocycles. The maximum Gasteiger partial charge on any atom is 0.306 e. The van der Waals surface area contributed by atoms with Crippen molar-refractivity contribution >= 4 is 36.8 Å². The van der Waals surface area contributed by atoms with E-state index < -0.39 is 5.97 Å². The van der Waals surface area contributed by atoms with Gasteiger partial charge >= 0.3 is 11.9 Å². The molecule has 0 aliphatic rings. The molecule has 0 bridgehead atoms. The lowest BCUT2D eigenvalue weighted by Gasteiger charge is -2.07. The summed E-state index contributed by atoms with van der Waals surface area (Å²) >= 11 is 0. The number of carboxylic acids is 1. The van der Waals surface area contributed by atoms with E-state index >= 15 is 0 Å². The smallest absolute Gasteiger partial charge is 0.306 e. The number of carbonyl (C=O) groups excluding carboxylic acids is 1. The summed E-state index contributed by atoms with van der Waals surface area (Å²) in [4.78, 5) is 21.7. The van der Waals surface area contributed by atoms with Gasteiger partial charge in [-0.25, -0.2) is 0 Å². The molecule has 0 radical (unpaired) electrons. The van der Waals surface area contributed by atoms with Crippen molar-refractivity contribution in [3.63, 3.8) is 0 Å². The minimum absolute atomic E-state index is 0. The van der Waals surface area contributed by atoms with Crippen molar-refractivity contribution in [3.8, 4) is 0 Å². The van der Waals surface area contributed by atoms with Crippen LogP contribution in [-0.2, 0) is 14.3 Å². The van der Waals surface area contributed by atoms with Crippen LogP contribution in [0.2, 0.25) is 0 Å². The third kappa shape index (κ3) is 25.9. The van der Waals surface area contributed by atoms with Crippen LogP contribution in [0.5, 0.6) is 0 Å². The molecule has 25 heavy (non-hydrogen) atoms. The Morgan fingerprint density at radius 3 is 1.32 bits per heavy atom. The highest BCUT2D eigenvalue weighted by Gasteiger charge is 2.04. The van der Waals surface area contributed by atoms with Gasteiger partial charge in [-0.1, -0.05) is 64.2 Å². The van der Waals surface area contributed by atoms with E-state index in [4.69, 9.17) is 9.84 Å². The van der Waals surface area contributed by atoms with Crippen molar-refractivity contribution in [1.29, 1.82) is 0 Å². The number of esters is 1. The maximum atomic E-state index is 11.3. The highest BCUT2D eigenvalue weighted by Crippen LogP contribution is 2.13. The van der Waals surface area contributed by atoms with Gasteiger partial charge in [0, 0.05) is 12.8 Å². The first-order valence-corrected chi connectivity index (χ1v) is 9.43. The molecule has 152 valence electrons. The second-order valence-electron chi connectivity index (χ2n) is 6.67. The Kier molecular flexibility index (Phi) is 25.3. The molecule has 4 nitrogen and oxygen atoms in total. The Morgan fingerprint density at radius 2 is 1.00 bits per heavy atom. The molecule has 0 heterocycles. The van der Waals surface area contributed by atoms with E-state index in [1.807, 2.05) is 13.8 Å². The zero-order valence-electron chi connectivity index (χ0n) is 16.0. The number of hydrogen-bond donors (Lipinski definition) is 1. The number of hydrogen-bond acceptors (Lipinski definition) is 3. The van der Waals surface area contributed by atoms with Crippen molar-refractivity contribution in [2.45, 2.75) is 110 Å². The normalized spacial score (nSPS) is 10.0. The Labute approximate surface area is 166 Å². The summed E-state index contributed by atoms with van der Waals surface area (Å²) in [5.41, 5.74) is 0. The van der Waals surface area contributed by atoms with Crippen molar-refractivity contribution < 1.29 is 19.4 Å². The van der Waals surface area contributed by atoms with Crippen molar-refractivity contribution in [2.75, 3.05) is 0 Å². The standard InChI is InChI=1S/C19H36O4.2ClH/c1-17(2)23-19(22)16-14-12-10-8-6-4-3-5-7-9-11-13-15-18(20)21;;/h17H,3-16H2,1-2H3,(H,20,21);2*1H. The van der Waals surface area contributed by atoms with Crippen LogP contribution in [0.3, 0.4) is 0 Å². The summed E-state index contributed by atoms with van der Waals surface area (Å²) in [6.45, 7) is 3.77. The highest BCUT2D eigenvalue weighted by atomic mass is 35.5. The minimum Gasteiger partial charge on any atom is -0.481 e. The van der Waals surface area contributed by atoms with E-state index in [0.29, 0.717) is 12.8 Å². The molecule has 0 saturated heterocycles. The Bertz CT molecular complexity index is 310. The average molecular weight is 401 g/mol. The zero-order valence-corrected chi connectivity index (χ0v) is 17.6. The highest BCUT2D eigenvalue weighted by molar-refractivity contribution is 5.85. The Morgan fingerprint density at radius 1 is 0.680 bits per heavy atom. The molecule has 0 saturated carbocycles. The first-order chi connectivity index (χ1) is 11.0. The zero-order chi connectivity index (χ0) is 17.3. The van der Waals surface area contributed by atoms with Crippen LogP contribution in [0.4, 0.5) is 0 Å². The van der Waals surface area contributed by atoms with E-state index in [9.17, 15) is 9.59 Å². The first-order valence-electron chi connectivity index (χ1n) is 9.43. The molecule has 6 heteroatoms. The van der Waals surface area contributed by atoms with Gasteiger partial charge < -0.3 is 9.84 Å². The summed E-state index contributed by atoms with van der Waals surface area (Å²) in [5.74, 6) is -0.745. The van der Waals surface area contributed by atoms with Crippen molar-refractivity contribution in [3.05, 3.63) is 0 Å². The third-order valence-corrected chi connectivity index (χ3v) is 3.89. The van der Waals surface area contributed by atoms with Gasteiger partial charge in [0.25, 0.3) is 0 Å². The topological polar surface area (TPSA) is 63.6 Å². The molecule has 0 aromatic rings. The third-order valence-electron chi connectivity index (χ3n) is 3.89. The first kappa shape index (κ1) is 29.3. The fourth-order valence-corrected chi connectivity index (χ4v) is 2.64. The summed E-state index contributed by atoms with van der Waals surface area (Å²) < 4.78 is 5.10. The van der Waals surface area contributed by atoms with Crippen molar-refractivity contribution in [2.24, 2.45) is 0 Å². The van der Waals surface area contributed by atoms with Gasteiger partial charge in [-0.05, 0) is 26.7 Å². The van der Waals surface area contributed by atoms with Gasteiger partial charge in [-0.15, -0.1) is 24.8 Å².